The molecular weight excluding hydrogens is 328 g/mol. The van der Waals surface area contributed by atoms with E-state index in [1.165, 1.54) is 12.3 Å². The molecule has 8 heteroatoms. The van der Waals surface area contributed by atoms with Crippen molar-refractivity contribution in [3.63, 3.8) is 0 Å². The number of nitrogens with zero attached hydrogens (tertiary/aromatic N) is 1. The standard InChI is InChI=1S/C16H20N4O3S/c1-11(2)20-14-5-3-12(4-6-14)10-19-16(21)13-7-8-18-15(9-13)24(17,22)23/h3-9,11,20H,10H2,1-2H3,(H,19,21)(H2,17,22,23). The van der Waals surface area contributed by atoms with Gasteiger partial charge in [0, 0.05) is 30.0 Å². The second-order valence-corrected chi connectivity index (χ2v) is 7.11. The highest BCUT2D eigenvalue weighted by molar-refractivity contribution is 7.89. The summed E-state index contributed by atoms with van der Waals surface area (Å²) in [7, 11) is -3.94. The lowest BCUT2D eigenvalue weighted by Gasteiger charge is -2.11. The van der Waals surface area contributed by atoms with Crippen LogP contribution in [0.25, 0.3) is 0 Å². The first-order valence-corrected chi connectivity index (χ1v) is 8.93. The second kappa shape index (κ2) is 7.41. The Hall–Kier alpha value is -2.45. The van der Waals surface area contributed by atoms with Crippen molar-refractivity contribution in [2.45, 2.75) is 31.5 Å². The lowest BCUT2D eigenvalue weighted by Crippen LogP contribution is -2.23. The molecule has 0 radical (unpaired) electrons. The maximum atomic E-state index is 12.1. The average Bonchev–Trinajstić information content (AvgIpc) is 2.53. The maximum Gasteiger partial charge on any atom is 0.255 e. The Morgan fingerprint density at radius 3 is 2.46 bits per heavy atom. The molecule has 0 saturated heterocycles. The van der Waals surface area contributed by atoms with Crippen molar-refractivity contribution in [3.05, 3.63) is 53.7 Å². The second-order valence-electron chi connectivity index (χ2n) is 5.61. The molecule has 0 aliphatic rings. The largest absolute Gasteiger partial charge is 0.383 e. The Balaban J connectivity index is 2.00. The fourth-order valence-electron chi connectivity index (χ4n) is 2.04. The molecule has 0 fully saturated rings. The van der Waals surface area contributed by atoms with E-state index in [4.69, 9.17) is 5.14 Å². The molecule has 128 valence electrons. The summed E-state index contributed by atoms with van der Waals surface area (Å²) in [6, 6.07) is 10.6. The minimum atomic E-state index is -3.94. The van der Waals surface area contributed by atoms with Gasteiger partial charge in [0.25, 0.3) is 15.9 Å². The summed E-state index contributed by atoms with van der Waals surface area (Å²) in [6.45, 7) is 4.44. The number of anilines is 1. The van der Waals surface area contributed by atoms with Crippen molar-refractivity contribution in [1.82, 2.24) is 10.3 Å². The van der Waals surface area contributed by atoms with Crippen LogP contribution >= 0.6 is 0 Å². The molecule has 24 heavy (non-hydrogen) atoms. The molecule has 2 rings (SSSR count). The Morgan fingerprint density at radius 1 is 1.21 bits per heavy atom. The van der Waals surface area contributed by atoms with E-state index < -0.39 is 15.9 Å². The number of amides is 1. The van der Waals surface area contributed by atoms with Gasteiger partial charge in [-0.25, -0.2) is 18.5 Å². The lowest BCUT2D eigenvalue weighted by atomic mass is 10.2. The van der Waals surface area contributed by atoms with Crippen LogP contribution in [-0.4, -0.2) is 25.4 Å². The number of nitrogens with one attached hydrogen (secondary N) is 2. The van der Waals surface area contributed by atoms with Crippen LogP contribution in [0.5, 0.6) is 0 Å². The molecule has 0 atom stereocenters. The molecule has 0 saturated carbocycles. The number of sulfonamides is 1. The van der Waals surface area contributed by atoms with Gasteiger partial charge in [-0.1, -0.05) is 12.1 Å². The monoisotopic (exact) mass is 348 g/mol. The first kappa shape index (κ1) is 17.9. The van der Waals surface area contributed by atoms with E-state index in [9.17, 15) is 13.2 Å². The van der Waals surface area contributed by atoms with Gasteiger partial charge in [0.2, 0.25) is 0 Å². The van der Waals surface area contributed by atoms with Crippen LogP contribution in [0.1, 0.15) is 29.8 Å². The van der Waals surface area contributed by atoms with Crippen LogP contribution in [0.15, 0.2) is 47.6 Å². The number of hydrogen-bond acceptors (Lipinski definition) is 5. The molecular formula is C16H20N4O3S. The van der Waals surface area contributed by atoms with E-state index in [0.29, 0.717) is 12.6 Å². The van der Waals surface area contributed by atoms with Gasteiger partial charge >= 0.3 is 0 Å². The fourth-order valence-corrected chi connectivity index (χ4v) is 2.54. The van der Waals surface area contributed by atoms with Crippen molar-refractivity contribution in [1.29, 1.82) is 0 Å². The van der Waals surface area contributed by atoms with Gasteiger partial charge < -0.3 is 10.6 Å². The van der Waals surface area contributed by atoms with E-state index in [2.05, 4.69) is 29.5 Å². The van der Waals surface area contributed by atoms with Gasteiger partial charge in [0.15, 0.2) is 5.03 Å². The third kappa shape index (κ3) is 5.04. The van der Waals surface area contributed by atoms with Gasteiger partial charge in [-0.05, 0) is 43.7 Å². The van der Waals surface area contributed by atoms with Crippen molar-refractivity contribution < 1.29 is 13.2 Å². The summed E-state index contributed by atoms with van der Waals surface area (Å²) in [6.07, 6.45) is 1.24. The number of hydrogen-bond donors (Lipinski definition) is 3. The van der Waals surface area contributed by atoms with Crippen LogP contribution < -0.4 is 15.8 Å². The molecule has 1 aromatic heterocycles. The predicted octanol–water partition coefficient (Wildman–Crippen LogP) is 1.48. The predicted molar refractivity (Wildman–Crippen MR) is 92.0 cm³/mol. The minimum Gasteiger partial charge on any atom is -0.383 e. The van der Waals surface area contributed by atoms with Crippen LogP contribution in [0, 0.1) is 0 Å². The highest BCUT2D eigenvalue weighted by Crippen LogP contribution is 2.11. The normalized spacial score (nSPS) is 11.3. The highest BCUT2D eigenvalue weighted by atomic mass is 32.2. The third-order valence-electron chi connectivity index (χ3n) is 3.15. The number of pyridine rings is 1. The van der Waals surface area contributed by atoms with Gasteiger partial charge in [-0.2, -0.15) is 0 Å². The molecule has 0 bridgehead atoms. The topological polar surface area (TPSA) is 114 Å². The Bertz CT molecular complexity index is 817. The number of primary sulfonamides is 1. The summed E-state index contributed by atoms with van der Waals surface area (Å²) in [5, 5.41) is 10.7. The lowest BCUT2D eigenvalue weighted by molar-refractivity contribution is 0.0950. The number of carbonyl (C=O) groups is 1. The number of aromatic nitrogens is 1. The molecule has 0 unspecified atom stereocenters. The van der Waals surface area contributed by atoms with Crippen molar-refractivity contribution in [3.8, 4) is 0 Å². The first-order chi connectivity index (χ1) is 11.3. The highest BCUT2D eigenvalue weighted by Gasteiger charge is 2.13. The maximum absolute atomic E-state index is 12.1. The van der Waals surface area contributed by atoms with Gasteiger partial charge in [0.05, 0.1) is 0 Å². The zero-order valence-electron chi connectivity index (χ0n) is 13.5. The summed E-state index contributed by atoms with van der Waals surface area (Å²) >= 11 is 0. The van der Waals surface area contributed by atoms with Crippen LogP contribution in [0.2, 0.25) is 0 Å². The molecule has 1 aromatic carbocycles. The number of rotatable bonds is 6. The van der Waals surface area contributed by atoms with Crippen molar-refractivity contribution >= 4 is 21.6 Å². The van der Waals surface area contributed by atoms with E-state index >= 15 is 0 Å². The molecule has 1 amide bonds. The van der Waals surface area contributed by atoms with E-state index in [1.54, 1.807) is 0 Å². The molecule has 0 aliphatic heterocycles. The first-order valence-electron chi connectivity index (χ1n) is 7.38. The van der Waals surface area contributed by atoms with Crippen molar-refractivity contribution in [2.24, 2.45) is 5.14 Å². The number of benzene rings is 1. The Labute approximate surface area is 141 Å². The van der Waals surface area contributed by atoms with E-state index in [1.807, 2.05) is 24.3 Å². The Kier molecular flexibility index (Phi) is 5.53. The summed E-state index contributed by atoms with van der Waals surface area (Å²) < 4.78 is 22.5. The average molecular weight is 348 g/mol. The zero-order valence-corrected chi connectivity index (χ0v) is 14.3. The smallest absolute Gasteiger partial charge is 0.255 e. The zero-order chi connectivity index (χ0) is 17.7. The number of nitrogens with two attached hydrogens (primary N) is 1. The van der Waals surface area contributed by atoms with Crippen molar-refractivity contribution in [2.75, 3.05) is 5.32 Å². The minimum absolute atomic E-state index is 0.187. The van der Waals surface area contributed by atoms with Gasteiger partial charge in [-0.15, -0.1) is 0 Å². The molecule has 4 N–H and O–H groups in total. The van der Waals surface area contributed by atoms with E-state index in [-0.39, 0.29) is 10.6 Å². The molecule has 7 nitrogen and oxygen atoms in total. The molecule has 0 aliphatic carbocycles. The fraction of sp³-hybridized carbons (Fsp3) is 0.250. The summed E-state index contributed by atoms with van der Waals surface area (Å²) in [4.78, 5) is 15.8. The summed E-state index contributed by atoms with van der Waals surface area (Å²) in [5.74, 6) is -0.397. The molecule has 1 heterocycles. The SMILES string of the molecule is CC(C)Nc1ccc(CNC(=O)c2ccnc(S(N)(=O)=O)c2)cc1. The quantitative estimate of drug-likeness (QED) is 0.731. The summed E-state index contributed by atoms with van der Waals surface area (Å²) in [5.41, 5.74) is 2.12. The van der Waals surface area contributed by atoms with Gasteiger partial charge in [-0.3, -0.25) is 4.79 Å². The Morgan fingerprint density at radius 2 is 1.88 bits per heavy atom. The third-order valence-corrected chi connectivity index (χ3v) is 3.96. The van der Waals surface area contributed by atoms with Crippen LogP contribution in [0.3, 0.4) is 0 Å². The number of carbonyl (C=O) groups excluding carboxylic acids is 1. The van der Waals surface area contributed by atoms with Crippen LogP contribution in [0.4, 0.5) is 5.69 Å². The molecule has 0 spiro atoms. The van der Waals surface area contributed by atoms with Crippen LogP contribution in [-0.2, 0) is 16.6 Å². The molecule has 2 aromatic rings. The van der Waals surface area contributed by atoms with Gasteiger partial charge in [0.1, 0.15) is 0 Å². The van der Waals surface area contributed by atoms with E-state index in [0.717, 1.165) is 17.3 Å².